The molecule has 3 aromatic rings. The van der Waals surface area contributed by atoms with Gasteiger partial charge in [0, 0.05) is 22.8 Å². The molecule has 0 saturated heterocycles. The van der Waals surface area contributed by atoms with Crippen molar-refractivity contribution in [3.8, 4) is 0 Å². The highest BCUT2D eigenvalue weighted by atomic mass is 32.2. The van der Waals surface area contributed by atoms with Crippen LogP contribution in [0.4, 0.5) is 11.4 Å². The van der Waals surface area contributed by atoms with Gasteiger partial charge in [-0.15, -0.1) is 11.3 Å². The average molecular weight is 396 g/mol. The smallest absolute Gasteiger partial charge is 0.265 e. The maximum atomic E-state index is 13.1. The van der Waals surface area contributed by atoms with Crippen molar-refractivity contribution >= 4 is 46.3 Å². The summed E-state index contributed by atoms with van der Waals surface area (Å²) in [5.74, 6) is -0.200. The van der Waals surface area contributed by atoms with Crippen LogP contribution in [0.15, 0.2) is 64.0 Å². The van der Waals surface area contributed by atoms with Gasteiger partial charge in [0.15, 0.2) is 0 Å². The number of carbonyl (C=O) groups excluding carboxylic acids is 2. The lowest BCUT2D eigenvalue weighted by molar-refractivity contribution is 0.0975. The first-order chi connectivity index (χ1) is 13.0. The van der Waals surface area contributed by atoms with Crippen molar-refractivity contribution in [3.05, 3.63) is 64.5 Å². The second kappa shape index (κ2) is 7.17. The van der Waals surface area contributed by atoms with Gasteiger partial charge >= 0.3 is 0 Å². The number of nitrogens with one attached hydrogen (secondary N) is 1. The summed E-state index contributed by atoms with van der Waals surface area (Å²) in [6, 6.07) is 12.8. The largest absolute Gasteiger partial charge is 0.321 e. The van der Waals surface area contributed by atoms with E-state index >= 15 is 0 Å². The standard InChI is InChI=1S/C20H17N3O2S2/c1-12(2)23-15-8-7-13(22-18(24)16-6-4-10-26-16)11-17(15)27-19-14(20(23)25)5-3-9-21-19/h3-12H,1-2H3,(H,22,24). The molecule has 0 bridgehead atoms. The van der Waals surface area contributed by atoms with Crippen LogP contribution in [-0.2, 0) is 0 Å². The lowest BCUT2D eigenvalue weighted by atomic mass is 10.1. The summed E-state index contributed by atoms with van der Waals surface area (Å²) in [6.07, 6.45) is 1.69. The van der Waals surface area contributed by atoms with Crippen molar-refractivity contribution in [1.29, 1.82) is 0 Å². The Morgan fingerprint density at radius 2 is 2.04 bits per heavy atom. The van der Waals surface area contributed by atoms with E-state index < -0.39 is 0 Å². The predicted octanol–water partition coefficient (Wildman–Crippen LogP) is 4.92. The second-order valence-corrected chi connectivity index (χ2v) is 8.32. The number of thiophene rings is 1. The molecule has 2 amide bonds. The summed E-state index contributed by atoms with van der Waals surface area (Å²) in [7, 11) is 0. The van der Waals surface area contributed by atoms with Gasteiger partial charge in [-0.25, -0.2) is 4.98 Å². The monoisotopic (exact) mass is 395 g/mol. The van der Waals surface area contributed by atoms with Gasteiger partial charge in [-0.2, -0.15) is 0 Å². The Bertz CT molecular complexity index is 1020. The highest BCUT2D eigenvalue weighted by Crippen LogP contribution is 2.42. The number of aromatic nitrogens is 1. The van der Waals surface area contributed by atoms with E-state index in [1.807, 2.05) is 43.5 Å². The molecule has 7 heteroatoms. The summed E-state index contributed by atoms with van der Waals surface area (Å²) >= 11 is 2.84. The van der Waals surface area contributed by atoms with Crippen molar-refractivity contribution in [1.82, 2.24) is 4.98 Å². The number of anilines is 2. The molecule has 4 rings (SSSR count). The fourth-order valence-corrected chi connectivity index (χ4v) is 4.63. The first kappa shape index (κ1) is 17.8. The van der Waals surface area contributed by atoms with Gasteiger partial charge < -0.3 is 10.2 Å². The second-order valence-electron chi connectivity index (χ2n) is 6.34. The van der Waals surface area contributed by atoms with Crippen molar-refractivity contribution < 1.29 is 9.59 Å². The first-order valence-corrected chi connectivity index (χ1v) is 10.2. The number of nitrogens with zero attached hydrogens (tertiary/aromatic N) is 2. The van der Waals surface area contributed by atoms with Crippen molar-refractivity contribution in [2.75, 3.05) is 10.2 Å². The zero-order chi connectivity index (χ0) is 19.0. The van der Waals surface area contributed by atoms with Gasteiger partial charge in [-0.1, -0.05) is 17.8 Å². The quantitative estimate of drug-likeness (QED) is 0.684. The van der Waals surface area contributed by atoms with E-state index in [9.17, 15) is 9.59 Å². The third-order valence-electron chi connectivity index (χ3n) is 4.17. The number of rotatable bonds is 3. The zero-order valence-electron chi connectivity index (χ0n) is 14.8. The Morgan fingerprint density at radius 1 is 1.19 bits per heavy atom. The molecule has 1 aromatic carbocycles. The van der Waals surface area contributed by atoms with Crippen LogP contribution in [0.3, 0.4) is 0 Å². The summed E-state index contributed by atoms with van der Waals surface area (Å²) in [5.41, 5.74) is 2.11. The maximum absolute atomic E-state index is 13.1. The zero-order valence-corrected chi connectivity index (χ0v) is 16.4. The van der Waals surface area contributed by atoms with Gasteiger partial charge in [-0.05, 0) is 55.6 Å². The van der Waals surface area contributed by atoms with E-state index in [2.05, 4.69) is 10.3 Å². The fourth-order valence-electron chi connectivity index (χ4n) is 2.96. The van der Waals surface area contributed by atoms with Crippen LogP contribution in [0.25, 0.3) is 0 Å². The fraction of sp³-hybridized carbons (Fsp3) is 0.150. The minimum absolute atomic E-state index is 0.00503. The molecule has 0 radical (unpaired) electrons. The van der Waals surface area contributed by atoms with E-state index in [4.69, 9.17) is 0 Å². The molecule has 0 atom stereocenters. The van der Waals surface area contributed by atoms with Crippen LogP contribution < -0.4 is 10.2 Å². The number of benzene rings is 1. The van der Waals surface area contributed by atoms with Crippen LogP contribution in [0.1, 0.15) is 33.9 Å². The number of fused-ring (bicyclic) bond motifs is 2. The lowest BCUT2D eigenvalue weighted by Gasteiger charge is -2.27. The summed E-state index contributed by atoms with van der Waals surface area (Å²) in [5, 5.41) is 5.47. The Kier molecular flexibility index (Phi) is 4.72. The molecule has 0 spiro atoms. The van der Waals surface area contributed by atoms with E-state index in [0.717, 1.165) is 10.6 Å². The SMILES string of the molecule is CC(C)N1C(=O)c2cccnc2Sc2cc(NC(=O)c3cccs3)ccc21. The minimum atomic E-state index is -0.140. The lowest BCUT2D eigenvalue weighted by Crippen LogP contribution is -2.37. The topological polar surface area (TPSA) is 62.3 Å². The Labute approximate surface area is 165 Å². The van der Waals surface area contributed by atoms with E-state index in [1.165, 1.54) is 23.1 Å². The van der Waals surface area contributed by atoms with Crippen LogP contribution in [0.2, 0.25) is 0 Å². The number of hydrogen-bond acceptors (Lipinski definition) is 5. The van der Waals surface area contributed by atoms with Crippen LogP contribution in [-0.4, -0.2) is 22.8 Å². The van der Waals surface area contributed by atoms with Gasteiger partial charge in [0.2, 0.25) is 0 Å². The Balaban J connectivity index is 1.75. The molecular weight excluding hydrogens is 378 g/mol. The molecular formula is C20H17N3O2S2. The van der Waals surface area contributed by atoms with Crippen molar-refractivity contribution in [2.45, 2.75) is 29.8 Å². The van der Waals surface area contributed by atoms with Gasteiger partial charge in [-0.3, -0.25) is 9.59 Å². The number of carbonyl (C=O) groups is 2. The molecule has 1 N–H and O–H groups in total. The summed E-state index contributed by atoms with van der Waals surface area (Å²) in [6.45, 7) is 3.97. The Hall–Kier alpha value is -2.64. The third-order valence-corrected chi connectivity index (χ3v) is 6.10. The molecule has 136 valence electrons. The van der Waals surface area contributed by atoms with Crippen molar-refractivity contribution in [2.24, 2.45) is 0 Å². The molecule has 1 aliphatic heterocycles. The molecule has 27 heavy (non-hydrogen) atoms. The molecule has 3 heterocycles. The number of amides is 2. The van der Waals surface area contributed by atoms with E-state index in [1.54, 1.807) is 29.3 Å². The normalized spacial score (nSPS) is 13.1. The van der Waals surface area contributed by atoms with E-state index in [-0.39, 0.29) is 17.9 Å². The third kappa shape index (κ3) is 3.36. The van der Waals surface area contributed by atoms with Crippen LogP contribution in [0, 0.1) is 0 Å². The average Bonchev–Trinajstić information content (AvgIpc) is 3.15. The number of hydrogen-bond donors (Lipinski definition) is 1. The van der Waals surface area contributed by atoms with E-state index in [0.29, 0.717) is 21.2 Å². The molecule has 0 unspecified atom stereocenters. The molecule has 5 nitrogen and oxygen atoms in total. The molecule has 0 fully saturated rings. The van der Waals surface area contributed by atoms with Gasteiger partial charge in [0.05, 0.1) is 16.1 Å². The predicted molar refractivity (Wildman–Crippen MR) is 109 cm³/mol. The van der Waals surface area contributed by atoms with Crippen LogP contribution >= 0.6 is 23.1 Å². The highest BCUT2D eigenvalue weighted by molar-refractivity contribution is 7.99. The van der Waals surface area contributed by atoms with Crippen molar-refractivity contribution in [3.63, 3.8) is 0 Å². The van der Waals surface area contributed by atoms with Gasteiger partial charge in [0.1, 0.15) is 5.03 Å². The first-order valence-electron chi connectivity index (χ1n) is 8.50. The number of pyridine rings is 1. The summed E-state index contributed by atoms with van der Waals surface area (Å²) < 4.78 is 0. The molecule has 1 aliphatic rings. The summed E-state index contributed by atoms with van der Waals surface area (Å²) in [4.78, 5) is 33.1. The highest BCUT2D eigenvalue weighted by Gasteiger charge is 2.30. The Morgan fingerprint density at radius 3 is 2.78 bits per heavy atom. The van der Waals surface area contributed by atoms with Crippen LogP contribution in [0.5, 0.6) is 0 Å². The minimum Gasteiger partial charge on any atom is -0.321 e. The molecule has 2 aromatic heterocycles. The maximum Gasteiger partial charge on any atom is 0.265 e. The van der Waals surface area contributed by atoms with Gasteiger partial charge in [0.25, 0.3) is 11.8 Å². The molecule has 0 saturated carbocycles. The molecule has 0 aliphatic carbocycles.